The van der Waals surface area contributed by atoms with Gasteiger partial charge >= 0.3 is 0 Å². The van der Waals surface area contributed by atoms with Crippen molar-refractivity contribution in [2.75, 3.05) is 20.7 Å². The van der Waals surface area contributed by atoms with Crippen molar-refractivity contribution in [2.45, 2.75) is 32.6 Å². The van der Waals surface area contributed by atoms with E-state index in [-0.39, 0.29) is 0 Å². The minimum atomic E-state index is 0.860. The van der Waals surface area contributed by atoms with E-state index in [1.807, 2.05) is 12.1 Å². The van der Waals surface area contributed by atoms with Crippen LogP contribution in [-0.4, -0.2) is 25.8 Å². The first-order valence-electron chi connectivity index (χ1n) is 4.97. The Bertz CT molecular complexity index is 127. The quantitative estimate of drug-likeness (QED) is 0.604. The molecule has 0 saturated heterocycles. The fraction of sp³-hybridized carbons (Fsp3) is 1.00. The Morgan fingerprint density at radius 2 is 2.17 bits per heavy atom. The zero-order chi connectivity index (χ0) is 8.97. The van der Waals surface area contributed by atoms with E-state index in [9.17, 15) is 0 Å². The molecule has 0 aromatic rings. The lowest BCUT2D eigenvalue weighted by molar-refractivity contribution is -0.121. The lowest BCUT2D eigenvalue weighted by Crippen LogP contribution is -2.27. The Hall–Kier alpha value is -0.0800. The van der Waals surface area contributed by atoms with Crippen LogP contribution in [0.25, 0.3) is 0 Å². The zero-order valence-corrected chi connectivity index (χ0v) is 8.55. The van der Waals surface area contributed by atoms with Gasteiger partial charge in [0.2, 0.25) is 0 Å². The van der Waals surface area contributed by atoms with Crippen LogP contribution in [0.5, 0.6) is 0 Å². The molecule has 2 heteroatoms. The summed E-state index contributed by atoms with van der Waals surface area (Å²) >= 11 is 0. The third-order valence-corrected chi connectivity index (χ3v) is 2.87. The largest absolute Gasteiger partial charge is 0.303 e. The summed E-state index contributed by atoms with van der Waals surface area (Å²) < 4.78 is 0. The van der Waals surface area contributed by atoms with E-state index in [1.165, 1.54) is 25.7 Å². The van der Waals surface area contributed by atoms with Crippen molar-refractivity contribution in [3.63, 3.8) is 0 Å². The average Bonchev–Trinajstić information content (AvgIpc) is 2.04. The molecule has 72 valence electrons. The van der Waals surface area contributed by atoms with Gasteiger partial charge < -0.3 is 4.84 Å². The third kappa shape index (κ3) is 3.11. The maximum absolute atomic E-state index is 5.12. The number of hydroxylamine groups is 2. The highest BCUT2D eigenvalue weighted by molar-refractivity contribution is 4.71. The topological polar surface area (TPSA) is 12.5 Å². The van der Waals surface area contributed by atoms with Crippen LogP contribution in [0.15, 0.2) is 0 Å². The van der Waals surface area contributed by atoms with Crippen LogP contribution in [0.2, 0.25) is 0 Å². The van der Waals surface area contributed by atoms with Crippen molar-refractivity contribution in [1.82, 2.24) is 5.06 Å². The fourth-order valence-electron chi connectivity index (χ4n) is 2.16. The van der Waals surface area contributed by atoms with Crippen LogP contribution < -0.4 is 0 Å². The highest BCUT2D eigenvalue weighted by Crippen LogP contribution is 2.28. The smallest absolute Gasteiger partial charge is 0.0575 e. The SMILES string of the molecule is CON(C)CC1CCCC(C)C1. The van der Waals surface area contributed by atoms with Crippen molar-refractivity contribution >= 4 is 0 Å². The molecule has 2 unspecified atom stereocenters. The second kappa shape index (κ2) is 4.83. The lowest BCUT2D eigenvalue weighted by atomic mass is 9.82. The molecule has 1 saturated carbocycles. The van der Waals surface area contributed by atoms with Gasteiger partial charge in [0, 0.05) is 13.6 Å². The first-order valence-corrected chi connectivity index (χ1v) is 4.97. The van der Waals surface area contributed by atoms with Crippen LogP contribution in [0.3, 0.4) is 0 Å². The van der Waals surface area contributed by atoms with Gasteiger partial charge in [-0.15, -0.1) is 0 Å². The van der Waals surface area contributed by atoms with Gasteiger partial charge in [0.05, 0.1) is 7.11 Å². The molecule has 0 heterocycles. The molecular weight excluding hydrogens is 150 g/mol. The van der Waals surface area contributed by atoms with Gasteiger partial charge in [-0.1, -0.05) is 19.8 Å². The van der Waals surface area contributed by atoms with Crippen molar-refractivity contribution in [1.29, 1.82) is 0 Å². The van der Waals surface area contributed by atoms with E-state index in [2.05, 4.69) is 6.92 Å². The van der Waals surface area contributed by atoms with Gasteiger partial charge in [0.15, 0.2) is 0 Å². The van der Waals surface area contributed by atoms with E-state index in [0.717, 1.165) is 18.4 Å². The van der Waals surface area contributed by atoms with Gasteiger partial charge in [0.25, 0.3) is 0 Å². The van der Waals surface area contributed by atoms with Gasteiger partial charge in [0.1, 0.15) is 0 Å². The Morgan fingerprint density at radius 3 is 2.75 bits per heavy atom. The van der Waals surface area contributed by atoms with Crippen LogP contribution in [0.1, 0.15) is 32.6 Å². The molecular formula is C10H21NO. The molecule has 0 amide bonds. The van der Waals surface area contributed by atoms with E-state index in [4.69, 9.17) is 4.84 Å². The molecule has 2 atom stereocenters. The number of rotatable bonds is 3. The van der Waals surface area contributed by atoms with E-state index < -0.39 is 0 Å². The van der Waals surface area contributed by atoms with Crippen molar-refractivity contribution in [3.05, 3.63) is 0 Å². The maximum atomic E-state index is 5.12. The predicted octanol–water partition coefficient (Wildman–Crippen LogP) is 2.31. The minimum absolute atomic E-state index is 0.860. The molecule has 0 aromatic heterocycles. The lowest BCUT2D eigenvalue weighted by Gasteiger charge is -2.29. The summed E-state index contributed by atoms with van der Waals surface area (Å²) in [7, 11) is 3.76. The Labute approximate surface area is 75.8 Å². The summed E-state index contributed by atoms with van der Waals surface area (Å²) in [6.45, 7) is 3.46. The summed E-state index contributed by atoms with van der Waals surface area (Å²) in [6, 6.07) is 0. The van der Waals surface area contributed by atoms with Gasteiger partial charge in [-0.3, -0.25) is 0 Å². The molecule has 0 aliphatic heterocycles. The predicted molar refractivity (Wildman–Crippen MR) is 50.8 cm³/mol. The summed E-state index contributed by atoms with van der Waals surface area (Å²) in [5.41, 5.74) is 0. The normalized spacial score (nSPS) is 31.0. The first kappa shape index (κ1) is 10.0. The summed E-state index contributed by atoms with van der Waals surface area (Å²) in [6.07, 6.45) is 5.60. The molecule has 2 nitrogen and oxygen atoms in total. The molecule has 1 fully saturated rings. The molecule has 0 aromatic carbocycles. The van der Waals surface area contributed by atoms with E-state index >= 15 is 0 Å². The first-order chi connectivity index (χ1) is 5.72. The summed E-state index contributed by atoms with van der Waals surface area (Å²) in [5.74, 6) is 1.78. The molecule has 0 bridgehead atoms. The molecule has 0 spiro atoms. The molecule has 1 rings (SSSR count). The summed E-state index contributed by atoms with van der Waals surface area (Å²) in [5, 5.41) is 1.95. The van der Waals surface area contributed by atoms with Crippen molar-refractivity contribution in [3.8, 4) is 0 Å². The molecule has 0 radical (unpaired) electrons. The molecule has 12 heavy (non-hydrogen) atoms. The minimum Gasteiger partial charge on any atom is -0.303 e. The number of nitrogens with zero attached hydrogens (tertiary/aromatic N) is 1. The second-order valence-corrected chi connectivity index (χ2v) is 4.13. The average molecular weight is 171 g/mol. The third-order valence-electron chi connectivity index (χ3n) is 2.87. The second-order valence-electron chi connectivity index (χ2n) is 4.13. The zero-order valence-electron chi connectivity index (χ0n) is 8.55. The standard InChI is InChI=1S/C10H21NO/c1-9-5-4-6-10(7-9)8-11(2)12-3/h9-10H,4-8H2,1-3H3. The van der Waals surface area contributed by atoms with Crippen molar-refractivity contribution in [2.24, 2.45) is 11.8 Å². The Kier molecular flexibility index (Phi) is 4.02. The van der Waals surface area contributed by atoms with E-state index in [1.54, 1.807) is 7.11 Å². The van der Waals surface area contributed by atoms with E-state index in [0.29, 0.717) is 0 Å². The van der Waals surface area contributed by atoms with Crippen LogP contribution in [0.4, 0.5) is 0 Å². The maximum Gasteiger partial charge on any atom is 0.0575 e. The van der Waals surface area contributed by atoms with Gasteiger partial charge in [-0.2, -0.15) is 5.06 Å². The van der Waals surface area contributed by atoms with Gasteiger partial charge in [-0.25, -0.2) is 0 Å². The molecule has 1 aliphatic carbocycles. The molecule has 1 aliphatic rings. The summed E-state index contributed by atoms with van der Waals surface area (Å²) in [4.78, 5) is 5.12. The monoisotopic (exact) mass is 171 g/mol. The highest BCUT2D eigenvalue weighted by Gasteiger charge is 2.19. The van der Waals surface area contributed by atoms with Crippen LogP contribution >= 0.6 is 0 Å². The Morgan fingerprint density at radius 1 is 1.42 bits per heavy atom. The van der Waals surface area contributed by atoms with Gasteiger partial charge in [-0.05, 0) is 24.7 Å². The number of hydrogen-bond acceptors (Lipinski definition) is 2. The fourth-order valence-corrected chi connectivity index (χ4v) is 2.16. The Balaban J connectivity index is 2.22. The van der Waals surface area contributed by atoms with Crippen LogP contribution in [0, 0.1) is 11.8 Å². The molecule has 0 N–H and O–H groups in total. The van der Waals surface area contributed by atoms with Crippen LogP contribution in [-0.2, 0) is 4.84 Å². The highest BCUT2D eigenvalue weighted by atomic mass is 16.7. The van der Waals surface area contributed by atoms with Crippen molar-refractivity contribution < 1.29 is 4.84 Å². The number of hydrogen-bond donors (Lipinski definition) is 0.